The van der Waals surface area contributed by atoms with Crippen LogP contribution in [0.3, 0.4) is 0 Å². The van der Waals surface area contributed by atoms with Crippen LogP contribution in [0, 0.1) is 0 Å². The first-order valence-corrected chi connectivity index (χ1v) is 6.01. The van der Waals surface area contributed by atoms with Crippen molar-refractivity contribution in [3.05, 3.63) is 30.5 Å². The predicted octanol–water partition coefficient (Wildman–Crippen LogP) is 2.17. The molecule has 0 radical (unpaired) electrons. The zero-order valence-electron chi connectivity index (χ0n) is 10.1. The molecule has 0 saturated heterocycles. The van der Waals surface area contributed by atoms with Gasteiger partial charge in [-0.05, 0) is 12.8 Å². The van der Waals surface area contributed by atoms with E-state index in [0.29, 0.717) is 0 Å². The van der Waals surface area contributed by atoms with Crippen LogP contribution in [-0.4, -0.2) is 22.8 Å². The van der Waals surface area contributed by atoms with E-state index >= 15 is 0 Å². The van der Waals surface area contributed by atoms with Crippen LogP contribution < -0.4 is 11.1 Å². The highest BCUT2D eigenvalue weighted by molar-refractivity contribution is 5.90. The number of aromatic nitrogens is 2. The number of nitrogens with zero attached hydrogens (tertiary/aromatic N) is 2. The van der Waals surface area contributed by atoms with Crippen molar-refractivity contribution in [1.29, 1.82) is 0 Å². The summed E-state index contributed by atoms with van der Waals surface area (Å²) in [7, 11) is 0. The van der Waals surface area contributed by atoms with Crippen molar-refractivity contribution >= 4 is 16.6 Å². The number of nitrogens with one attached hydrogen (secondary N) is 1. The Morgan fingerprint density at radius 3 is 3.00 bits per heavy atom. The quantitative estimate of drug-likeness (QED) is 0.826. The second-order valence-corrected chi connectivity index (χ2v) is 4.16. The van der Waals surface area contributed by atoms with Gasteiger partial charge in [0.1, 0.15) is 0 Å². The molecule has 3 N–H and O–H groups in total. The topological polar surface area (TPSA) is 63.8 Å². The molecule has 0 saturated carbocycles. The molecular weight excluding hydrogens is 212 g/mol. The number of fused-ring (bicyclic) bond motifs is 1. The summed E-state index contributed by atoms with van der Waals surface area (Å²) in [4.78, 5) is 0. The minimum Gasteiger partial charge on any atom is -0.368 e. The molecule has 0 aliphatic heterocycles. The second-order valence-electron chi connectivity index (χ2n) is 4.16. The summed E-state index contributed by atoms with van der Waals surface area (Å²) in [6, 6.07) is 8.35. The van der Waals surface area contributed by atoms with E-state index in [2.05, 4.69) is 22.4 Å². The highest BCUT2D eigenvalue weighted by Gasteiger charge is 2.03. The van der Waals surface area contributed by atoms with Crippen LogP contribution in [0.4, 0.5) is 5.82 Å². The SMILES string of the molecule is CCC(N)CCNc1nncc2ccccc12. The third-order valence-corrected chi connectivity index (χ3v) is 2.90. The molecule has 1 aromatic heterocycles. The number of hydrogen-bond donors (Lipinski definition) is 2. The van der Waals surface area contributed by atoms with E-state index in [1.807, 2.05) is 24.3 Å². The average molecular weight is 230 g/mol. The van der Waals surface area contributed by atoms with Crippen molar-refractivity contribution in [2.75, 3.05) is 11.9 Å². The molecule has 17 heavy (non-hydrogen) atoms. The Labute approximate surface area is 101 Å². The smallest absolute Gasteiger partial charge is 0.156 e. The van der Waals surface area contributed by atoms with Gasteiger partial charge in [-0.25, -0.2) is 0 Å². The fourth-order valence-electron chi connectivity index (χ4n) is 1.74. The Morgan fingerprint density at radius 2 is 2.18 bits per heavy atom. The molecule has 0 amide bonds. The highest BCUT2D eigenvalue weighted by Crippen LogP contribution is 2.18. The molecule has 2 aromatic rings. The van der Waals surface area contributed by atoms with Crippen molar-refractivity contribution in [1.82, 2.24) is 10.2 Å². The molecule has 1 atom stereocenters. The fraction of sp³-hybridized carbons (Fsp3) is 0.385. The number of anilines is 1. The molecule has 0 spiro atoms. The molecule has 0 aliphatic rings. The Hall–Kier alpha value is -1.68. The molecule has 0 fully saturated rings. The molecule has 4 heteroatoms. The summed E-state index contributed by atoms with van der Waals surface area (Å²) in [6.07, 6.45) is 3.72. The van der Waals surface area contributed by atoms with E-state index in [-0.39, 0.29) is 6.04 Å². The lowest BCUT2D eigenvalue weighted by molar-refractivity contribution is 0.613. The molecule has 90 valence electrons. The standard InChI is InChI=1S/C13H18N4/c1-2-11(14)7-8-15-13-12-6-4-3-5-10(12)9-16-17-13/h3-6,9,11H,2,7-8,14H2,1H3,(H,15,17). The van der Waals surface area contributed by atoms with E-state index in [9.17, 15) is 0 Å². The molecule has 1 unspecified atom stereocenters. The molecule has 2 rings (SSSR count). The van der Waals surface area contributed by atoms with Crippen LogP contribution in [0.1, 0.15) is 19.8 Å². The van der Waals surface area contributed by atoms with Gasteiger partial charge in [-0.3, -0.25) is 0 Å². The van der Waals surface area contributed by atoms with E-state index in [1.165, 1.54) is 0 Å². The van der Waals surface area contributed by atoms with Crippen LogP contribution in [-0.2, 0) is 0 Å². The van der Waals surface area contributed by atoms with Crippen molar-refractivity contribution in [2.24, 2.45) is 5.73 Å². The molecule has 1 heterocycles. The molecular formula is C13H18N4. The minimum atomic E-state index is 0.255. The lowest BCUT2D eigenvalue weighted by Crippen LogP contribution is -2.22. The van der Waals surface area contributed by atoms with Gasteiger partial charge < -0.3 is 11.1 Å². The first-order chi connectivity index (χ1) is 8.31. The van der Waals surface area contributed by atoms with Crippen LogP contribution in [0.15, 0.2) is 30.5 Å². The van der Waals surface area contributed by atoms with Crippen LogP contribution >= 0.6 is 0 Å². The maximum absolute atomic E-state index is 5.87. The molecule has 0 bridgehead atoms. The summed E-state index contributed by atoms with van der Waals surface area (Å²) in [6.45, 7) is 2.93. The molecule has 4 nitrogen and oxygen atoms in total. The Balaban J connectivity index is 2.08. The monoisotopic (exact) mass is 230 g/mol. The summed E-state index contributed by atoms with van der Waals surface area (Å²) in [5.74, 6) is 0.839. The van der Waals surface area contributed by atoms with Crippen LogP contribution in [0.5, 0.6) is 0 Å². The van der Waals surface area contributed by atoms with Gasteiger partial charge in [-0.2, -0.15) is 5.10 Å². The Bertz CT molecular complexity index is 478. The van der Waals surface area contributed by atoms with Crippen molar-refractivity contribution in [3.63, 3.8) is 0 Å². The van der Waals surface area contributed by atoms with Gasteiger partial charge in [-0.1, -0.05) is 31.2 Å². The number of hydrogen-bond acceptors (Lipinski definition) is 4. The van der Waals surface area contributed by atoms with Gasteiger partial charge in [0.25, 0.3) is 0 Å². The maximum Gasteiger partial charge on any atom is 0.156 e. The summed E-state index contributed by atoms with van der Waals surface area (Å²) >= 11 is 0. The van der Waals surface area contributed by atoms with Crippen LogP contribution in [0.25, 0.3) is 10.8 Å². The van der Waals surface area contributed by atoms with Gasteiger partial charge in [0, 0.05) is 23.4 Å². The summed E-state index contributed by atoms with van der Waals surface area (Å²) in [5.41, 5.74) is 5.87. The number of benzene rings is 1. The van der Waals surface area contributed by atoms with E-state index in [0.717, 1.165) is 36.0 Å². The lowest BCUT2D eigenvalue weighted by atomic mass is 10.1. The van der Waals surface area contributed by atoms with Crippen molar-refractivity contribution < 1.29 is 0 Å². The van der Waals surface area contributed by atoms with Crippen molar-refractivity contribution in [3.8, 4) is 0 Å². The normalized spacial score (nSPS) is 12.6. The first kappa shape index (κ1) is 11.8. The Kier molecular flexibility index (Phi) is 3.88. The number of nitrogens with two attached hydrogens (primary N) is 1. The second kappa shape index (κ2) is 5.59. The van der Waals surface area contributed by atoms with Gasteiger partial charge in [0.05, 0.1) is 6.20 Å². The average Bonchev–Trinajstić information content (AvgIpc) is 2.39. The van der Waals surface area contributed by atoms with E-state index in [1.54, 1.807) is 6.20 Å². The van der Waals surface area contributed by atoms with Gasteiger partial charge in [0.15, 0.2) is 5.82 Å². The zero-order valence-corrected chi connectivity index (χ0v) is 10.1. The maximum atomic E-state index is 5.87. The van der Waals surface area contributed by atoms with Crippen LogP contribution in [0.2, 0.25) is 0 Å². The summed E-state index contributed by atoms with van der Waals surface area (Å²) < 4.78 is 0. The van der Waals surface area contributed by atoms with E-state index < -0.39 is 0 Å². The summed E-state index contributed by atoms with van der Waals surface area (Å²) in [5, 5.41) is 13.6. The van der Waals surface area contributed by atoms with Gasteiger partial charge in [0.2, 0.25) is 0 Å². The lowest BCUT2D eigenvalue weighted by Gasteiger charge is -2.10. The largest absolute Gasteiger partial charge is 0.368 e. The van der Waals surface area contributed by atoms with Crippen molar-refractivity contribution in [2.45, 2.75) is 25.8 Å². The fourth-order valence-corrected chi connectivity index (χ4v) is 1.74. The molecule has 0 aliphatic carbocycles. The third kappa shape index (κ3) is 2.91. The van der Waals surface area contributed by atoms with Gasteiger partial charge >= 0.3 is 0 Å². The Morgan fingerprint density at radius 1 is 1.35 bits per heavy atom. The molecule has 1 aromatic carbocycles. The minimum absolute atomic E-state index is 0.255. The first-order valence-electron chi connectivity index (χ1n) is 6.01. The predicted molar refractivity (Wildman–Crippen MR) is 70.9 cm³/mol. The highest BCUT2D eigenvalue weighted by atomic mass is 15.2. The van der Waals surface area contributed by atoms with E-state index in [4.69, 9.17) is 5.73 Å². The third-order valence-electron chi connectivity index (χ3n) is 2.90. The zero-order chi connectivity index (χ0) is 12.1. The van der Waals surface area contributed by atoms with Gasteiger partial charge in [-0.15, -0.1) is 5.10 Å². The number of rotatable bonds is 5.